The van der Waals surface area contributed by atoms with Crippen molar-refractivity contribution in [3.8, 4) is 0 Å². The Balaban J connectivity index is 2.97. The van der Waals surface area contributed by atoms with Crippen LogP contribution in [-0.4, -0.2) is 24.2 Å². The maximum atomic E-state index is 12.0. The Morgan fingerprint density at radius 2 is 2.12 bits per heavy atom. The normalized spacial score (nSPS) is 10.6. The van der Waals surface area contributed by atoms with E-state index in [2.05, 4.69) is 0 Å². The lowest BCUT2D eigenvalue weighted by atomic mass is 10.1. The quantitative estimate of drug-likeness (QED) is 0.844. The van der Waals surface area contributed by atoms with Crippen LogP contribution in [-0.2, 0) is 4.79 Å². The van der Waals surface area contributed by atoms with Gasteiger partial charge in [-0.05, 0) is 24.6 Å². The SMILES string of the molecule is Cc1cccc(N(CCO)C(=O)C(C)C)c1. The van der Waals surface area contributed by atoms with Crippen LogP contribution < -0.4 is 4.90 Å². The van der Waals surface area contributed by atoms with Gasteiger partial charge in [0.1, 0.15) is 0 Å². The number of amides is 1. The van der Waals surface area contributed by atoms with Gasteiger partial charge in [-0.25, -0.2) is 0 Å². The molecule has 0 bridgehead atoms. The number of hydrogen-bond donors (Lipinski definition) is 1. The van der Waals surface area contributed by atoms with Gasteiger partial charge in [0.05, 0.1) is 6.61 Å². The maximum absolute atomic E-state index is 12.0. The molecular formula is C13H19NO2. The first-order valence-electron chi connectivity index (χ1n) is 5.55. The maximum Gasteiger partial charge on any atom is 0.229 e. The molecule has 0 saturated heterocycles. The fraction of sp³-hybridized carbons (Fsp3) is 0.462. The Morgan fingerprint density at radius 3 is 2.62 bits per heavy atom. The van der Waals surface area contributed by atoms with Crippen molar-refractivity contribution in [2.45, 2.75) is 20.8 Å². The Labute approximate surface area is 96.7 Å². The van der Waals surface area contributed by atoms with Crippen LogP contribution in [0.4, 0.5) is 5.69 Å². The van der Waals surface area contributed by atoms with E-state index in [1.54, 1.807) is 4.90 Å². The standard InChI is InChI=1S/C13H19NO2/c1-10(2)13(16)14(7-8-15)12-6-4-5-11(3)9-12/h4-6,9-10,15H,7-8H2,1-3H3. The van der Waals surface area contributed by atoms with Crippen LogP contribution in [0.15, 0.2) is 24.3 Å². The number of aliphatic hydroxyl groups is 1. The molecule has 3 nitrogen and oxygen atoms in total. The zero-order valence-electron chi connectivity index (χ0n) is 10.1. The number of aryl methyl sites for hydroxylation is 1. The molecule has 88 valence electrons. The summed E-state index contributed by atoms with van der Waals surface area (Å²) in [4.78, 5) is 13.6. The summed E-state index contributed by atoms with van der Waals surface area (Å²) in [5, 5.41) is 9.00. The fourth-order valence-electron chi connectivity index (χ4n) is 1.57. The van der Waals surface area contributed by atoms with Crippen LogP contribution in [0.25, 0.3) is 0 Å². The van der Waals surface area contributed by atoms with Crippen molar-refractivity contribution < 1.29 is 9.90 Å². The van der Waals surface area contributed by atoms with Gasteiger partial charge in [0, 0.05) is 18.2 Å². The summed E-state index contributed by atoms with van der Waals surface area (Å²) < 4.78 is 0. The minimum absolute atomic E-state index is 0.0214. The minimum Gasteiger partial charge on any atom is -0.395 e. The van der Waals surface area contributed by atoms with Gasteiger partial charge in [0.2, 0.25) is 5.91 Å². The molecule has 1 aromatic carbocycles. The molecule has 0 unspecified atom stereocenters. The van der Waals surface area contributed by atoms with Gasteiger partial charge in [-0.15, -0.1) is 0 Å². The van der Waals surface area contributed by atoms with Crippen molar-refractivity contribution in [3.05, 3.63) is 29.8 Å². The molecule has 0 spiro atoms. The van der Waals surface area contributed by atoms with Crippen LogP contribution in [0.5, 0.6) is 0 Å². The topological polar surface area (TPSA) is 40.5 Å². The third kappa shape index (κ3) is 3.07. The summed E-state index contributed by atoms with van der Waals surface area (Å²) in [7, 11) is 0. The van der Waals surface area contributed by atoms with Crippen molar-refractivity contribution in [2.75, 3.05) is 18.1 Å². The third-order valence-electron chi connectivity index (χ3n) is 2.40. The highest BCUT2D eigenvalue weighted by atomic mass is 16.3. The highest BCUT2D eigenvalue weighted by Gasteiger charge is 2.18. The lowest BCUT2D eigenvalue weighted by molar-refractivity contribution is -0.121. The molecule has 0 aliphatic carbocycles. The van der Waals surface area contributed by atoms with Crippen LogP contribution in [0.3, 0.4) is 0 Å². The molecule has 0 heterocycles. The first-order chi connectivity index (χ1) is 7.56. The van der Waals surface area contributed by atoms with Gasteiger partial charge in [0.15, 0.2) is 0 Å². The second kappa shape index (κ2) is 5.66. The van der Waals surface area contributed by atoms with E-state index in [9.17, 15) is 4.79 Å². The number of aliphatic hydroxyl groups excluding tert-OH is 1. The summed E-state index contributed by atoms with van der Waals surface area (Å²) in [5.41, 5.74) is 1.96. The van der Waals surface area contributed by atoms with Crippen molar-refractivity contribution >= 4 is 11.6 Å². The molecular weight excluding hydrogens is 202 g/mol. The predicted octanol–water partition coefficient (Wildman–Crippen LogP) is 1.98. The van der Waals surface area contributed by atoms with E-state index in [0.717, 1.165) is 11.3 Å². The molecule has 3 heteroatoms. The zero-order chi connectivity index (χ0) is 12.1. The Bertz CT molecular complexity index is 361. The molecule has 1 aromatic rings. The van der Waals surface area contributed by atoms with Gasteiger partial charge in [0.25, 0.3) is 0 Å². The fourth-order valence-corrected chi connectivity index (χ4v) is 1.57. The molecule has 0 saturated carbocycles. The van der Waals surface area contributed by atoms with Gasteiger partial charge in [-0.3, -0.25) is 4.79 Å². The van der Waals surface area contributed by atoms with Crippen LogP contribution in [0.1, 0.15) is 19.4 Å². The lowest BCUT2D eigenvalue weighted by Crippen LogP contribution is -2.36. The summed E-state index contributed by atoms with van der Waals surface area (Å²) in [5.74, 6) is -0.0216. The van der Waals surface area contributed by atoms with Crippen molar-refractivity contribution in [1.82, 2.24) is 0 Å². The predicted molar refractivity (Wildman–Crippen MR) is 65.5 cm³/mol. The van der Waals surface area contributed by atoms with Crippen molar-refractivity contribution in [3.63, 3.8) is 0 Å². The summed E-state index contributed by atoms with van der Waals surface area (Å²) in [6, 6.07) is 7.75. The molecule has 0 aliphatic heterocycles. The second-order valence-electron chi connectivity index (χ2n) is 4.21. The van der Waals surface area contributed by atoms with E-state index >= 15 is 0 Å². The van der Waals surface area contributed by atoms with E-state index in [4.69, 9.17) is 5.11 Å². The third-order valence-corrected chi connectivity index (χ3v) is 2.40. The minimum atomic E-state index is -0.0629. The van der Waals surface area contributed by atoms with Gasteiger partial charge >= 0.3 is 0 Å². The molecule has 0 atom stereocenters. The van der Waals surface area contributed by atoms with E-state index < -0.39 is 0 Å². The van der Waals surface area contributed by atoms with Crippen LogP contribution in [0, 0.1) is 12.8 Å². The second-order valence-corrected chi connectivity index (χ2v) is 4.21. The number of carbonyl (C=O) groups excluding carboxylic acids is 1. The van der Waals surface area contributed by atoms with Crippen LogP contribution in [0.2, 0.25) is 0 Å². The Morgan fingerprint density at radius 1 is 1.44 bits per heavy atom. The number of carbonyl (C=O) groups is 1. The average molecular weight is 221 g/mol. The summed E-state index contributed by atoms with van der Waals surface area (Å²) in [6.07, 6.45) is 0. The highest BCUT2D eigenvalue weighted by Crippen LogP contribution is 2.17. The largest absolute Gasteiger partial charge is 0.395 e. The van der Waals surface area contributed by atoms with Crippen LogP contribution >= 0.6 is 0 Å². The van der Waals surface area contributed by atoms with Gasteiger partial charge in [-0.1, -0.05) is 26.0 Å². The number of hydrogen-bond acceptors (Lipinski definition) is 2. The van der Waals surface area contributed by atoms with Gasteiger partial charge < -0.3 is 10.0 Å². The molecule has 0 aliphatic rings. The smallest absolute Gasteiger partial charge is 0.229 e. The highest BCUT2D eigenvalue weighted by molar-refractivity contribution is 5.94. The van der Waals surface area contributed by atoms with Crippen molar-refractivity contribution in [2.24, 2.45) is 5.92 Å². The summed E-state index contributed by atoms with van der Waals surface area (Å²) in [6.45, 7) is 6.04. The van der Waals surface area contributed by atoms with Gasteiger partial charge in [-0.2, -0.15) is 0 Å². The molecule has 0 aromatic heterocycles. The first-order valence-corrected chi connectivity index (χ1v) is 5.55. The Kier molecular flexibility index (Phi) is 4.50. The molecule has 16 heavy (non-hydrogen) atoms. The van der Waals surface area contributed by atoms with E-state index in [1.807, 2.05) is 45.0 Å². The molecule has 1 rings (SSSR count). The lowest BCUT2D eigenvalue weighted by Gasteiger charge is -2.24. The molecule has 0 fully saturated rings. The molecule has 1 amide bonds. The first kappa shape index (κ1) is 12.7. The van der Waals surface area contributed by atoms with Crippen molar-refractivity contribution in [1.29, 1.82) is 0 Å². The van der Waals surface area contributed by atoms with E-state index in [1.165, 1.54) is 0 Å². The molecule has 0 radical (unpaired) electrons. The number of nitrogens with zero attached hydrogens (tertiary/aromatic N) is 1. The number of anilines is 1. The number of benzene rings is 1. The number of rotatable bonds is 4. The summed E-state index contributed by atoms with van der Waals surface area (Å²) >= 11 is 0. The zero-order valence-corrected chi connectivity index (χ0v) is 10.1. The van der Waals surface area contributed by atoms with E-state index in [0.29, 0.717) is 6.54 Å². The van der Waals surface area contributed by atoms with E-state index in [-0.39, 0.29) is 18.4 Å². The average Bonchev–Trinajstić information content (AvgIpc) is 2.24. The Hall–Kier alpha value is -1.35. The molecule has 1 N–H and O–H groups in total. The monoisotopic (exact) mass is 221 g/mol.